The second-order valence-corrected chi connectivity index (χ2v) is 5.20. The molecule has 13 heavy (non-hydrogen) atoms. The number of Topliss-reactive ketones (excluding diaryl/α,β-unsaturated/α-hetero) is 1. The van der Waals surface area contributed by atoms with Crippen LogP contribution < -0.4 is 0 Å². The first-order valence-electron chi connectivity index (χ1n) is 5.08. The normalized spacial score (nSPS) is 52.7. The van der Waals surface area contributed by atoms with E-state index in [0.717, 1.165) is 25.7 Å². The van der Waals surface area contributed by atoms with Gasteiger partial charge in [0.2, 0.25) is 0 Å². The largest absolute Gasteiger partial charge is 0.299 e. The molecule has 4 atom stereocenters. The van der Waals surface area contributed by atoms with Crippen LogP contribution in [0.3, 0.4) is 0 Å². The summed E-state index contributed by atoms with van der Waals surface area (Å²) >= 11 is 6.25. The molecular weight excluding hydrogens is 184 g/mol. The molecule has 0 aromatic heterocycles. The molecule has 3 rings (SSSR count). The first-order valence-corrected chi connectivity index (χ1v) is 5.52. The minimum Gasteiger partial charge on any atom is -0.299 e. The molecule has 1 nitrogen and oxygen atoms in total. The van der Waals surface area contributed by atoms with Crippen LogP contribution in [0.4, 0.5) is 0 Å². The second kappa shape index (κ2) is 2.38. The van der Waals surface area contributed by atoms with Gasteiger partial charge >= 0.3 is 0 Å². The molecule has 0 aromatic carbocycles. The third-order valence-electron chi connectivity index (χ3n) is 4.21. The monoisotopic (exact) mass is 196 g/mol. The molecule has 1 spiro atoms. The molecule has 0 aliphatic heterocycles. The van der Waals surface area contributed by atoms with Gasteiger partial charge in [-0.2, -0.15) is 0 Å². The van der Waals surface area contributed by atoms with Gasteiger partial charge in [-0.15, -0.1) is 11.6 Å². The van der Waals surface area contributed by atoms with E-state index in [1.165, 1.54) is 0 Å². The van der Waals surface area contributed by atoms with Crippen LogP contribution in [-0.4, -0.2) is 11.2 Å². The van der Waals surface area contributed by atoms with Gasteiger partial charge < -0.3 is 0 Å². The summed E-state index contributed by atoms with van der Waals surface area (Å²) < 4.78 is 0. The average Bonchev–Trinajstić information content (AvgIpc) is 2.65. The molecule has 0 N–H and O–H groups in total. The van der Waals surface area contributed by atoms with Crippen LogP contribution in [0, 0.1) is 17.3 Å². The number of rotatable bonds is 0. The predicted octanol–water partition coefficient (Wildman–Crippen LogP) is 2.54. The van der Waals surface area contributed by atoms with E-state index in [2.05, 4.69) is 12.2 Å². The Kier molecular flexibility index (Phi) is 1.48. The zero-order chi connectivity index (χ0) is 9.05. The fourth-order valence-corrected chi connectivity index (χ4v) is 4.25. The van der Waals surface area contributed by atoms with Crippen molar-refractivity contribution in [3.8, 4) is 0 Å². The Balaban J connectivity index is 2.08. The summed E-state index contributed by atoms with van der Waals surface area (Å²) in [5.74, 6) is 1.23. The highest BCUT2D eigenvalue weighted by Crippen LogP contribution is 2.61. The van der Waals surface area contributed by atoms with Gasteiger partial charge in [-0.05, 0) is 25.2 Å². The molecule has 2 fully saturated rings. The number of ketones is 1. The van der Waals surface area contributed by atoms with Gasteiger partial charge in [0, 0.05) is 23.1 Å². The van der Waals surface area contributed by atoms with Crippen molar-refractivity contribution < 1.29 is 4.79 Å². The third-order valence-corrected chi connectivity index (χ3v) is 4.64. The van der Waals surface area contributed by atoms with Gasteiger partial charge in [0.25, 0.3) is 0 Å². The van der Waals surface area contributed by atoms with E-state index in [4.69, 9.17) is 11.6 Å². The molecular formula is C11H13ClO. The number of hydrogen-bond acceptors (Lipinski definition) is 1. The Morgan fingerprint density at radius 3 is 3.23 bits per heavy atom. The highest BCUT2D eigenvalue weighted by molar-refractivity contribution is 6.22. The van der Waals surface area contributed by atoms with Crippen molar-refractivity contribution in [1.29, 1.82) is 0 Å². The Labute approximate surface area is 83.1 Å². The van der Waals surface area contributed by atoms with Crippen molar-refractivity contribution in [2.24, 2.45) is 17.3 Å². The van der Waals surface area contributed by atoms with Crippen LogP contribution >= 0.6 is 11.6 Å². The van der Waals surface area contributed by atoms with Gasteiger partial charge in [0.15, 0.2) is 0 Å². The van der Waals surface area contributed by atoms with Crippen molar-refractivity contribution in [3.63, 3.8) is 0 Å². The lowest BCUT2D eigenvalue weighted by molar-refractivity contribution is -0.121. The van der Waals surface area contributed by atoms with E-state index in [1.807, 2.05) is 0 Å². The zero-order valence-corrected chi connectivity index (χ0v) is 8.26. The fourth-order valence-electron chi connectivity index (χ4n) is 3.66. The number of carbonyl (C=O) groups is 1. The van der Waals surface area contributed by atoms with Crippen molar-refractivity contribution >= 4 is 17.4 Å². The summed E-state index contributed by atoms with van der Waals surface area (Å²) in [6.45, 7) is 0. The van der Waals surface area contributed by atoms with Crippen molar-refractivity contribution in [2.45, 2.75) is 31.1 Å². The topological polar surface area (TPSA) is 17.1 Å². The van der Waals surface area contributed by atoms with Crippen LogP contribution in [0.25, 0.3) is 0 Å². The van der Waals surface area contributed by atoms with Crippen LogP contribution in [0.2, 0.25) is 0 Å². The van der Waals surface area contributed by atoms with Gasteiger partial charge in [-0.1, -0.05) is 12.2 Å². The van der Waals surface area contributed by atoms with Gasteiger partial charge in [0.05, 0.1) is 0 Å². The van der Waals surface area contributed by atoms with Gasteiger partial charge in [-0.25, -0.2) is 0 Å². The molecule has 3 aliphatic rings. The third kappa shape index (κ3) is 0.817. The van der Waals surface area contributed by atoms with E-state index in [0.29, 0.717) is 11.7 Å². The number of halogens is 1. The summed E-state index contributed by atoms with van der Waals surface area (Å²) in [5.41, 5.74) is 0.198. The quantitative estimate of drug-likeness (QED) is 0.430. The maximum absolute atomic E-state index is 11.7. The van der Waals surface area contributed by atoms with E-state index >= 15 is 0 Å². The maximum Gasteiger partial charge on any atom is 0.138 e. The second-order valence-electron chi connectivity index (χ2n) is 4.64. The minimum absolute atomic E-state index is 0.116. The van der Waals surface area contributed by atoms with Crippen molar-refractivity contribution in [1.82, 2.24) is 0 Å². The number of hydrogen-bond donors (Lipinski definition) is 0. The van der Waals surface area contributed by atoms with E-state index in [-0.39, 0.29) is 16.7 Å². The first kappa shape index (κ1) is 8.05. The number of alkyl halides is 1. The van der Waals surface area contributed by atoms with Crippen molar-refractivity contribution in [3.05, 3.63) is 12.2 Å². The zero-order valence-electron chi connectivity index (χ0n) is 7.50. The molecule has 0 aromatic rings. The van der Waals surface area contributed by atoms with Gasteiger partial charge in [0.1, 0.15) is 5.78 Å². The molecule has 0 unspecified atom stereocenters. The number of carbonyl (C=O) groups excluding carboxylic acids is 1. The van der Waals surface area contributed by atoms with Crippen LogP contribution in [0.15, 0.2) is 12.2 Å². The number of allylic oxidation sites excluding steroid dienone is 2. The average molecular weight is 197 g/mol. The summed E-state index contributed by atoms with van der Waals surface area (Å²) in [5, 5.41) is 0.116. The molecule has 70 valence electrons. The lowest BCUT2D eigenvalue weighted by Gasteiger charge is -2.26. The maximum atomic E-state index is 11.7. The lowest BCUT2D eigenvalue weighted by atomic mass is 9.76. The molecule has 2 heteroatoms. The summed E-state index contributed by atoms with van der Waals surface area (Å²) in [6, 6.07) is 0. The van der Waals surface area contributed by atoms with E-state index in [1.54, 1.807) is 0 Å². The molecule has 0 bridgehead atoms. The van der Waals surface area contributed by atoms with E-state index < -0.39 is 0 Å². The molecule has 0 saturated heterocycles. The summed E-state index contributed by atoms with van der Waals surface area (Å²) in [4.78, 5) is 11.7. The van der Waals surface area contributed by atoms with Crippen molar-refractivity contribution in [2.75, 3.05) is 0 Å². The Bertz CT molecular complexity index is 296. The Hall–Kier alpha value is -0.300. The SMILES string of the molecule is O=C1CC[C@]23C=CC[C@H]2C[C@H](Cl)[C@H]13. The van der Waals surface area contributed by atoms with Crippen LogP contribution in [0.5, 0.6) is 0 Å². The highest BCUT2D eigenvalue weighted by atomic mass is 35.5. The van der Waals surface area contributed by atoms with Crippen LogP contribution in [0.1, 0.15) is 25.7 Å². The highest BCUT2D eigenvalue weighted by Gasteiger charge is 2.59. The van der Waals surface area contributed by atoms with Gasteiger partial charge in [-0.3, -0.25) is 4.79 Å². The summed E-state index contributed by atoms with van der Waals surface area (Å²) in [7, 11) is 0. The first-order chi connectivity index (χ1) is 6.24. The Morgan fingerprint density at radius 2 is 2.38 bits per heavy atom. The molecule has 0 heterocycles. The molecule has 0 radical (unpaired) electrons. The van der Waals surface area contributed by atoms with E-state index in [9.17, 15) is 4.79 Å². The molecule has 2 saturated carbocycles. The molecule has 3 aliphatic carbocycles. The predicted molar refractivity (Wildman–Crippen MR) is 51.7 cm³/mol. The summed E-state index contributed by atoms with van der Waals surface area (Å²) in [6.07, 6.45) is 8.54. The van der Waals surface area contributed by atoms with Crippen LogP contribution in [-0.2, 0) is 4.79 Å². The lowest BCUT2D eigenvalue weighted by Crippen LogP contribution is -2.27. The molecule has 0 amide bonds. The minimum atomic E-state index is 0.116. The Morgan fingerprint density at radius 1 is 1.54 bits per heavy atom. The standard InChI is InChI=1S/C11H13ClO/c12-8-6-7-2-1-4-11(7)5-3-9(13)10(8)11/h1,4,7-8,10H,2-3,5-6H2/t7-,8-,10+,11+/m0/s1. The smallest absolute Gasteiger partial charge is 0.138 e. The fraction of sp³-hybridized carbons (Fsp3) is 0.727.